The number of carbonyl (C=O) groups is 1. The molecule has 6 heteroatoms. The highest BCUT2D eigenvalue weighted by atomic mass is 19.2. The lowest BCUT2D eigenvalue weighted by Gasteiger charge is -2.25. The lowest BCUT2D eigenvalue weighted by molar-refractivity contribution is -0.131. The molecule has 1 aliphatic rings. The van der Waals surface area contributed by atoms with Crippen LogP contribution in [0.1, 0.15) is 23.6 Å². The molecule has 1 fully saturated rings. The number of hydrogen-bond donors (Lipinski definition) is 1. The Kier molecular flexibility index (Phi) is 4.99. The minimum absolute atomic E-state index is 0.164. The first-order chi connectivity index (χ1) is 12.0. The van der Waals surface area contributed by atoms with Crippen LogP contribution in [-0.4, -0.2) is 35.7 Å². The molecule has 1 aliphatic heterocycles. The van der Waals surface area contributed by atoms with Crippen molar-refractivity contribution >= 4 is 5.91 Å². The van der Waals surface area contributed by atoms with Gasteiger partial charge in [-0.25, -0.2) is 8.78 Å². The zero-order valence-electron chi connectivity index (χ0n) is 13.8. The number of rotatable bonds is 4. The summed E-state index contributed by atoms with van der Waals surface area (Å²) in [5.41, 5.74) is 1.30. The van der Waals surface area contributed by atoms with E-state index < -0.39 is 23.8 Å². The molecule has 4 nitrogen and oxygen atoms in total. The minimum atomic E-state index is -0.957. The Morgan fingerprint density at radius 1 is 1.20 bits per heavy atom. The highest BCUT2D eigenvalue weighted by molar-refractivity contribution is 5.79. The van der Waals surface area contributed by atoms with Gasteiger partial charge in [0.1, 0.15) is 5.75 Å². The molecule has 1 heterocycles. The number of aliphatic hydroxyl groups is 1. The number of amides is 1. The largest absolute Gasteiger partial charge is 0.497 e. The predicted molar refractivity (Wildman–Crippen MR) is 88.1 cm³/mol. The van der Waals surface area contributed by atoms with E-state index in [0.29, 0.717) is 17.7 Å². The van der Waals surface area contributed by atoms with Crippen LogP contribution in [0.4, 0.5) is 8.78 Å². The molecule has 3 rings (SSSR count). The van der Waals surface area contributed by atoms with Gasteiger partial charge in [0, 0.05) is 6.54 Å². The van der Waals surface area contributed by atoms with Crippen LogP contribution in [0.25, 0.3) is 0 Å². The molecule has 25 heavy (non-hydrogen) atoms. The summed E-state index contributed by atoms with van der Waals surface area (Å²) < 4.78 is 31.8. The van der Waals surface area contributed by atoms with E-state index in [2.05, 4.69) is 0 Å². The number of methoxy groups -OCH3 is 1. The van der Waals surface area contributed by atoms with E-state index in [-0.39, 0.29) is 18.9 Å². The van der Waals surface area contributed by atoms with Crippen molar-refractivity contribution in [3.05, 3.63) is 65.2 Å². The molecule has 2 aromatic rings. The topological polar surface area (TPSA) is 49.8 Å². The van der Waals surface area contributed by atoms with Crippen molar-refractivity contribution in [3.63, 3.8) is 0 Å². The fourth-order valence-corrected chi connectivity index (χ4v) is 3.14. The SMILES string of the molecule is COc1ccc(CC(=O)N2C[C@@H](O)C[C@@H]2c2ccc(F)c(F)c2)cc1. The van der Waals surface area contributed by atoms with Gasteiger partial charge in [-0.2, -0.15) is 0 Å². The quantitative estimate of drug-likeness (QED) is 0.925. The van der Waals surface area contributed by atoms with Crippen LogP contribution in [0, 0.1) is 11.6 Å². The minimum Gasteiger partial charge on any atom is -0.497 e. The van der Waals surface area contributed by atoms with Gasteiger partial charge >= 0.3 is 0 Å². The summed E-state index contributed by atoms with van der Waals surface area (Å²) in [6.07, 6.45) is -0.214. The van der Waals surface area contributed by atoms with Gasteiger partial charge in [-0.05, 0) is 41.8 Å². The third kappa shape index (κ3) is 3.79. The van der Waals surface area contributed by atoms with Crippen molar-refractivity contribution in [1.29, 1.82) is 0 Å². The molecule has 0 bridgehead atoms. The Labute approximate surface area is 144 Å². The molecule has 2 aromatic carbocycles. The second-order valence-corrected chi connectivity index (χ2v) is 6.15. The molecule has 0 aliphatic carbocycles. The first-order valence-electron chi connectivity index (χ1n) is 8.03. The average Bonchev–Trinajstić information content (AvgIpc) is 3.00. The second-order valence-electron chi connectivity index (χ2n) is 6.15. The number of hydrogen-bond acceptors (Lipinski definition) is 3. The first-order valence-corrected chi connectivity index (χ1v) is 8.03. The van der Waals surface area contributed by atoms with Crippen molar-refractivity contribution in [2.24, 2.45) is 0 Å². The summed E-state index contributed by atoms with van der Waals surface area (Å²) in [4.78, 5) is 14.2. The molecule has 0 saturated carbocycles. The number of aliphatic hydroxyl groups excluding tert-OH is 1. The standard InChI is InChI=1S/C19H19F2NO3/c1-25-15-5-2-12(3-6-15)8-19(24)22-11-14(23)10-18(22)13-4-7-16(20)17(21)9-13/h2-7,9,14,18,23H,8,10-11H2,1H3/t14-,18+/m0/s1. The average molecular weight is 347 g/mol. The Hall–Kier alpha value is -2.47. The van der Waals surface area contributed by atoms with E-state index in [1.807, 2.05) is 0 Å². The highest BCUT2D eigenvalue weighted by Gasteiger charge is 2.35. The van der Waals surface area contributed by atoms with Crippen LogP contribution in [0.3, 0.4) is 0 Å². The van der Waals surface area contributed by atoms with Gasteiger partial charge in [-0.15, -0.1) is 0 Å². The van der Waals surface area contributed by atoms with Crippen molar-refractivity contribution in [1.82, 2.24) is 4.90 Å². The summed E-state index contributed by atoms with van der Waals surface area (Å²) in [6, 6.07) is 10.3. The van der Waals surface area contributed by atoms with E-state index in [0.717, 1.165) is 17.7 Å². The molecule has 0 aromatic heterocycles. The third-order valence-electron chi connectivity index (χ3n) is 4.44. The van der Waals surface area contributed by atoms with Crippen molar-refractivity contribution in [2.45, 2.75) is 25.0 Å². The third-order valence-corrected chi connectivity index (χ3v) is 4.44. The number of ether oxygens (including phenoxy) is 1. The molecule has 0 unspecified atom stereocenters. The Morgan fingerprint density at radius 2 is 1.92 bits per heavy atom. The van der Waals surface area contributed by atoms with Crippen LogP contribution < -0.4 is 4.74 Å². The zero-order chi connectivity index (χ0) is 18.0. The Morgan fingerprint density at radius 3 is 2.56 bits per heavy atom. The van der Waals surface area contributed by atoms with Gasteiger partial charge in [0.2, 0.25) is 5.91 Å². The van der Waals surface area contributed by atoms with Crippen LogP contribution in [-0.2, 0) is 11.2 Å². The number of benzene rings is 2. The van der Waals surface area contributed by atoms with E-state index in [9.17, 15) is 18.7 Å². The molecule has 1 amide bonds. The summed E-state index contributed by atoms with van der Waals surface area (Å²) in [5.74, 6) is -1.36. The predicted octanol–water partition coefficient (Wildman–Crippen LogP) is 2.85. The van der Waals surface area contributed by atoms with Crippen LogP contribution in [0.5, 0.6) is 5.75 Å². The van der Waals surface area contributed by atoms with Gasteiger partial charge in [0.05, 0.1) is 25.7 Å². The molecule has 1 saturated heterocycles. The number of halogens is 2. The van der Waals surface area contributed by atoms with E-state index >= 15 is 0 Å². The Balaban J connectivity index is 1.78. The normalized spacial score (nSPS) is 19.9. The van der Waals surface area contributed by atoms with Crippen LogP contribution in [0.15, 0.2) is 42.5 Å². The summed E-state index contributed by atoms with van der Waals surface area (Å²) >= 11 is 0. The molecular formula is C19H19F2NO3. The maximum atomic E-state index is 13.5. The molecule has 2 atom stereocenters. The van der Waals surface area contributed by atoms with Crippen molar-refractivity contribution < 1.29 is 23.4 Å². The first kappa shape index (κ1) is 17.4. The monoisotopic (exact) mass is 347 g/mol. The molecule has 1 N–H and O–H groups in total. The molecule has 132 valence electrons. The second kappa shape index (κ2) is 7.19. The van der Waals surface area contributed by atoms with Crippen molar-refractivity contribution in [3.8, 4) is 5.75 Å². The molecule has 0 radical (unpaired) electrons. The summed E-state index contributed by atoms with van der Waals surface area (Å²) in [6.45, 7) is 0.179. The fourth-order valence-electron chi connectivity index (χ4n) is 3.14. The van der Waals surface area contributed by atoms with Gasteiger partial charge in [-0.3, -0.25) is 4.79 Å². The van der Waals surface area contributed by atoms with Crippen molar-refractivity contribution in [2.75, 3.05) is 13.7 Å². The smallest absolute Gasteiger partial charge is 0.227 e. The summed E-state index contributed by atoms with van der Waals surface area (Å²) in [7, 11) is 1.57. The van der Waals surface area contributed by atoms with E-state index in [4.69, 9.17) is 4.74 Å². The van der Waals surface area contributed by atoms with Gasteiger partial charge in [0.25, 0.3) is 0 Å². The summed E-state index contributed by atoms with van der Waals surface area (Å²) in [5, 5.41) is 9.96. The molecular weight excluding hydrogens is 328 g/mol. The number of carbonyl (C=O) groups excluding carboxylic acids is 1. The maximum absolute atomic E-state index is 13.5. The van der Waals surface area contributed by atoms with E-state index in [1.165, 1.54) is 11.0 Å². The highest BCUT2D eigenvalue weighted by Crippen LogP contribution is 2.33. The number of likely N-dealkylation sites (tertiary alicyclic amines) is 1. The lowest BCUT2D eigenvalue weighted by Crippen LogP contribution is -2.33. The van der Waals surface area contributed by atoms with Gasteiger partial charge in [-0.1, -0.05) is 18.2 Å². The van der Waals surface area contributed by atoms with E-state index in [1.54, 1.807) is 31.4 Å². The van der Waals surface area contributed by atoms with Gasteiger partial charge < -0.3 is 14.7 Å². The number of nitrogens with zero attached hydrogens (tertiary/aromatic N) is 1. The Bertz CT molecular complexity index is 764. The maximum Gasteiger partial charge on any atom is 0.227 e. The fraction of sp³-hybridized carbons (Fsp3) is 0.316. The lowest BCUT2D eigenvalue weighted by atomic mass is 10.0. The van der Waals surface area contributed by atoms with Gasteiger partial charge in [0.15, 0.2) is 11.6 Å². The number of β-amino-alcohol motifs (C(OH)–C–C–N with tert-alkyl or cyclic N) is 1. The molecule has 0 spiro atoms. The zero-order valence-corrected chi connectivity index (χ0v) is 13.8. The van der Waals surface area contributed by atoms with Crippen LogP contribution >= 0.6 is 0 Å². The van der Waals surface area contributed by atoms with Crippen LogP contribution in [0.2, 0.25) is 0 Å².